The van der Waals surface area contributed by atoms with Crippen LogP contribution in [0.25, 0.3) is 10.8 Å². The highest BCUT2D eigenvalue weighted by atomic mass is 35.5. The average Bonchev–Trinajstić information content (AvgIpc) is 3.38. The lowest BCUT2D eigenvalue weighted by molar-refractivity contribution is 0.0240. The van der Waals surface area contributed by atoms with E-state index >= 15 is 0 Å². The average molecular weight is 593 g/mol. The molecule has 1 atom stereocenters. The molecule has 0 aliphatic carbocycles. The van der Waals surface area contributed by atoms with E-state index in [1.165, 1.54) is 6.42 Å². The summed E-state index contributed by atoms with van der Waals surface area (Å²) in [5, 5.41) is 2.95. The van der Waals surface area contributed by atoms with Gasteiger partial charge in [0.05, 0.1) is 17.3 Å². The van der Waals surface area contributed by atoms with Crippen LogP contribution in [0.2, 0.25) is 5.02 Å². The number of fused-ring (bicyclic) bond motifs is 2. The Balaban J connectivity index is 1.27. The summed E-state index contributed by atoms with van der Waals surface area (Å²) in [6.07, 6.45) is 2.85. The zero-order valence-electron chi connectivity index (χ0n) is 25.1. The Labute approximate surface area is 253 Å². The molecular formula is C32H41ClN6O3. The molecule has 0 spiro atoms. The van der Waals surface area contributed by atoms with Gasteiger partial charge in [0, 0.05) is 55.4 Å². The molecular weight excluding hydrogens is 552 g/mol. The lowest BCUT2D eigenvalue weighted by atomic mass is 10.0. The van der Waals surface area contributed by atoms with Gasteiger partial charge in [0.2, 0.25) is 0 Å². The SMILES string of the molecule is CN1CCCC1COc1nc2c(c(N3CCN(C(=O)OC(C)(C)C)CC3)n1)CCN(c1cccc3cccc(Cl)c13)C2. The molecule has 9 nitrogen and oxygen atoms in total. The first kappa shape index (κ1) is 28.8. The molecule has 3 aliphatic rings. The molecule has 3 aliphatic heterocycles. The number of benzene rings is 2. The molecule has 2 fully saturated rings. The number of hydrogen-bond donors (Lipinski definition) is 0. The summed E-state index contributed by atoms with van der Waals surface area (Å²) >= 11 is 6.70. The monoisotopic (exact) mass is 592 g/mol. The molecule has 4 heterocycles. The van der Waals surface area contributed by atoms with Crippen molar-refractivity contribution in [1.29, 1.82) is 0 Å². The third-order valence-electron chi connectivity index (χ3n) is 8.50. The molecule has 2 aromatic carbocycles. The maximum absolute atomic E-state index is 12.7. The molecule has 0 radical (unpaired) electrons. The number of likely N-dealkylation sites (tertiary alicyclic amines) is 1. The molecule has 224 valence electrons. The van der Waals surface area contributed by atoms with Crippen molar-refractivity contribution in [2.75, 3.05) is 62.7 Å². The first-order valence-electron chi connectivity index (χ1n) is 15.0. The van der Waals surface area contributed by atoms with Crippen LogP contribution < -0.4 is 14.5 Å². The van der Waals surface area contributed by atoms with Crippen LogP contribution in [0.15, 0.2) is 36.4 Å². The summed E-state index contributed by atoms with van der Waals surface area (Å²) in [5.74, 6) is 0.925. The van der Waals surface area contributed by atoms with Crippen molar-refractivity contribution < 1.29 is 14.3 Å². The van der Waals surface area contributed by atoms with Crippen molar-refractivity contribution >= 4 is 40.0 Å². The molecule has 1 unspecified atom stereocenters. The lowest BCUT2D eigenvalue weighted by Gasteiger charge is -2.38. The van der Waals surface area contributed by atoms with Crippen LogP contribution in [0.1, 0.15) is 44.9 Å². The van der Waals surface area contributed by atoms with Crippen molar-refractivity contribution in [2.24, 2.45) is 0 Å². The van der Waals surface area contributed by atoms with Crippen LogP contribution in [0.5, 0.6) is 6.01 Å². The molecule has 3 aromatic rings. The molecule has 0 N–H and O–H groups in total. The lowest BCUT2D eigenvalue weighted by Crippen LogP contribution is -2.50. The maximum Gasteiger partial charge on any atom is 0.410 e. The predicted molar refractivity (Wildman–Crippen MR) is 167 cm³/mol. The second-order valence-corrected chi connectivity index (χ2v) is 13.0. The Kier molecular flexibility index (Phi) is 8.07. The van der Waals surface area contributed by atoms with Gasteiger partial charge in [-0.2, -0.15) is 9.97 Å². The molecule has 0 saturated carbocycles. The van der Waals surface area contributed by atoms with E-state index in [0.717, 1.165) is 64.5 Å². The van der Waals surface area contributed by atoms with Gasteiger partial charge in [-0.15, -0.1) is 0 Å². The zero-order chi connectivity index (χ0) is 29.4. The summed E-state index contributed by atoms with van der Waals surface area (Å²) < 4.78 is 11.9. The van der Waals surface area contributed by atoms with E-state index in [4.69, 9.17) is 31.0 Å². The van der Waals surface area contributed by atoms with Crippen LogP contribution in [-0.4, -0.2) is 90.4 Å². The van der Waals surface area contributed by atoms with E-state index in [2.05, 4.69) is 46.0 Å². The highest BCUT2D eigenvalue weighted by Gasteiger charge is 2.31. The minimum atomic E-state index is -0.514. The fourth-order valence-electron chi connectivity index (χ4n) is 6.25. The molecule has 42 heavy (non-hydrogen) atoms. The van der Waals surface area contributed by atoms with Crippen LogP contribution in [0.4, 0.5) is 16.3 Å². The number of ether oxygens (including phenoxy) is 2. The number of rotatable bonds is 5. The molecule has 1 amide bonds. The molecule has 0 bridgehead atoms. The van der Waals surface area contributed by atoms with E-state index in [1.54, 1.807) is 4.90 Å². The fourth-order valence-corrected chi connectivity index (χ4v) is 6.53. The van der Waals surface area contributed by atoms with Crippen molar-refractivity contribution in [2.45, 2.75) is 58.2 Å². The van der Waals surface area contributed by atoms with Crippen molar-refractivity contribution in [3.8, 4) is 6.01 Å². The second kappa shape index (κ2) is 11.8. The van der Waals surface area contributed by atoms with Gasteiger partial charge in [-0.25, -0.2) is 4.79 Å². The predicted octanol–water partition coefficient (Wildman–Crippen LogP) is 5.38. The number of halogens is 1. The van der Waals surface area contributed by atoms with E-state index < -0.39 is 5.60 Å². The molecule has 10 heteroatoms. The van der Waals surface area contributed by atoms with Gasteiger partial charge in [-0.3, -0.25) is 0 Å². The fraction of sp³-hybridized carbons (Fsp3) is 0.531. The molecule has 6 rings (SSSR count). The van der Waals surface area contributed by atoms with E-state index in [1.807, 2.05) is 32.9 Å². The zero-order valence-corrected chi connectivity index (χ0v) is 25.9. The Morgan fingerprint density at radius 2 is 1.76 bits per heavy atom. The Morgan fingerprint density at radius 1 is 1.00 bits per heavy atom. The van der Waals surface area contributed by atoms with E-state index in [-0.39, 0.29) is 6.09 Å². The standard InChI is InChI=1S/C32H41ClN6O3/c1-32(2,3)42-31(40)38-18-16-37(17-19-38)29-24-13-15-39(27-12-6-9-22-8-5-11-25(33)28(22)27)20-26(24)34-30(35-29)41-21-23-10-7-14-36(23)4/h5-6,8-9,11-12,23H,7,10,13-21H2,1-4H3. The Hall–Kier alpha value is -3.30. The summed E-state index contributed by atoms with van der Waals surface area (Å²) in [5.41, 5.74) is 2.75. The number of aromatic nitrogens is 2. The van der Waals surface area contributed by atoms with Crippen LogP contribution in [0, 0.1) is 0 Å². The van der Waals surface area contributed by atoms with Gasteiger partial charge < -0.3 is 29.1 Å². The summed E-state index contributed by atoms with van der Waals surface area (Å²) in [6.45, 7) is 11.4. The minimum absolute atomic E-state index is 0.263. The number of hydrogen-bond acceptors (Lipinski definition) is 8. The van der Waals surface area contributed by atoms with E-state index in [9.17, 15) is 4.79 Å². The highest BCUT2D eigenvalue weighted by Crippen LogP contribution is 2.37. The number of piperazine rings is 1. The first-order chi connectivity index (χ1) is 20.2. The quantitative estimate of drug-likeness (QED) is 0.391. The summed E-state index contributed by atoms with van der Waals surface area (Å²) in [7, 11) is 2.15. The normalized spacial score (nSPS) is 19.7. The minimum Gasteiger partial charge on any atom is -0.462 e. The number of likely N-dealkylation sites (N-methyl/N-ethyl adjacent to an activating group) is 1. The highest BCUT2D eigenvalue weighted by molar-refractivity contribution is 6.36. The number of anilines is 2. The summed E-state index contributed by atoms with van der Waals surface area (Å²) in [6, 6.07) is 13.2. The van der Waals surface area contributed by atoms with Crippen LogP contribution in [-0.2, 0) is 17.7 Å². The van der Waals surface area contributed by atoms with E-state index in [0.29, 0.717) is 51.4 Å². The third-order valence-corrected chi connectivity index (χ3v) is 8.82. The maximum atomic E-state index is 12.7. The topological polar surface area (TPSA) is 74.3 Å². The van der Waals surface area contributed by atoms with Crippen LogP contribution >= 0.6 is 11.6 Å². The number of carbonyl (C=O) groups excluding carboxylic acids is 1. The van der Waals surface area contributed by atoms with Gasteiger partial charge in [0.1, 0.15) is 18.0 Å². The van der Waals surface area contributed by atoms with Gasteiger partial charge >= 0.3 is 12.1 Å². The van der Waals surface area contributed by atoms with Gasteiger partial charge in [0.25, 0.3) is 0 Å². The first-order valence-corrected chi connectivity index (χ1v) is 15.4. The smallest absolute Gasteiger partial charge is 0.410 e. The van der Waals surface area contributed by atoms with Crippen molar-refractivity contribution in [3.05, 3.63) is 52.7 Å². The van der Waals surface area contributed by atoms with Gasteiger partial charge in [0.15, 0.2) is 0 Å². The van der Waals surface area contributed by atoms with Crippen LogP contribution in [0.3, 0.4) is 0 Å². The largest absolute Gasteiger partial charge is 0.462 e. The Bertz CT molecular complexity index is 1450. The number of carbonyl (C=O) groups is 1. The number of amides is 1. The van der Waals surface area contributed by atoms with Crippen molar-refractivity contribution in [3.63, 3.8) is 0 Å². The van der Waals surface area contributed by atoms with Crippen molar-refractivity contribution in [1.82, 2.24) is 19.8 Å². The third kappa shape index (κ3) is 6.08. The Morgan fingerprint density at radius 3 is 2.48 bits per heavy atom. The van der Waals surface area contributed by atoms with Gasteiger partial charge in [-0.1, -0.05) is 35.9 Å². The molecule has 2 saturated heterocycles. The van der Waals surface area contributed by atoms with Gasteiger partial charge in [-0.05, 0) is 71.1 Å². The number of nitrogens with zero attached hydrogens (tertiary/aromatic N) is 6. The summed E-state index contributed by atoms with van der Waals surface area (Å²) in [4.78, 5) is 31.4. The second-order valence-electron chi connectivity index (χ2n) is 12.6. The molecule has 1 aromatic heterocycles.